The Morgan fingerprint density at radius 3 is 2.24 bits per heavy atom. The van der Waals surface area contributed by atoms with Crippen LogP contribution in [0.1, 0.15) is 11.1 Å². The first-order valence-corrected chi connectivity index (χ1v) is 11.7. The van der Waals surface area contributed by atoms with E-state index in [4.69, 9.17) is 21.1 Å². The van der Waals surface area contributed by atoms with Crippen molar-refractivity contribution in [3.63, 3.8) is 0 Å². The molecule has 17 heteroatoms. The van der Waals surface area contributed by atoms with E-state index in [1.54, 1.807) is 0 Å². The molecule has 1 saturated heterocycles. The molecule has 1 aliphatic heterocycles. The van der Waals surface area contributed by atoms with Crippen LogP contribution in [0.2, 0.25) is 5.02 Å². The van der Waals surface area contributed by atoms with Gasteiger partial charge in [0.2, 0.25) is 5.75 Å². The van der Waals surface area contributed by atoms with Crippen molar-refractivity contribution in [3.8, 4) is 17.2 Å². The number of anilines is 1. The second-order valence-corrected chi connectivity index (χ2v) is 8.71. The summed E-state index contributed by atoms with van der Waals surface area (Å²) in [5.41, 5.74) is -3.60. The van der Waals surface area contributed by atoms with Gasteiger partial charge < -0.3 is 9.47 Å². The number of methoxy groups -OCH3 is 1. The fraction of sp³-hybridized carbons (Fsp3) is 0.0800. The molecule has 0 aliphatic carbocycles. The first-order valence-electron chi connectivity index (χ1n) is 11.3. The van der Waals surface area contributed by atoms with Gasteiger partial charge in [-0.15, -0.1) is 0 Å². The van der Waals surface area contributed by atoms with Gasteiger partial charge in [-0.3, -0.25) is 35.1 Å². The molecule has 0 spiro atoms. The average Bonchev–Trinajstić information content (AvgIpc) is 2.91. The van der Waals surface area contributed by atoms with Gasteiger partial charge in [0, 0.05) is 6.07 Å². The van der Waals surface area contributed by atoms with Gasteiger partial charge in [0.15, 0.2) is 11.5 Å². The van der Waals surface area contributed by atoms with Crippen LogP contribution in [0.4, 0.5) is 35.0 Å². The molecule has 4 amide bonds. The summed E-state index contributed by atoms with van der Waals surface area (Å²) in [5.74, 6) is -2.93. The minimum absolute atomic E-state index is 0.0606. The highest BCUT2D eigenvalue weighted by Crippen LogP contribution is 2.39. The maximum atomic E-state index is 13.2. The minimum Gasteiger partial charge on any atom is -0.493 e. The number of urea groups is 1. The highest BCUT2D eigenvalue weighted by Gasteiger charge is 2.39. The standard InChI is InChI=1S/C25H14ClF3N4O9/c1-41-21-9-12(2-6-20(21)42-19-7-4-14(32(37)38)11-18(19)33(39)40)8-15-22(34)30-24(36)31(23(15)35)17-10-13(25(27,28)29)3-5-16(17)26/h2-11H,1H3,(H,30,34,36)/b15-8+. The van der Waals surface area contributed by atoms with E-state index in [1.807, 2.05) is 5.32 Å². The predicted molar refractivity (Wildman–Crippen MR) is 138 cm³/mol. The van der Waals surface area contributed by atoms with E-state index in [0.717, 1.165) is 24.3 Å². The first-order chi connectivity index (χ1) is 19.7. The van der Waals surface area contributed by atoms with Crippen molar-refractivity contribution in [2.75, 3.05) is 12.0 Å². The maximum absolute atomic E-state index is 13.2. The monoisotopic (exact) mass is 606 g/mol. The molecule has 0 atom stereocenters. The van der Waals surface area contributed by atoms with Crippen molar-refractivity contribution in [2.45, 2.75) is 6.18 Å². The van der Waals surface area contributed by atoms with E-state index in [9.17, 15) is 47.8 Å². The quantitative estimate of drug-likeness (QED) is 0.154. The first kappa shape index (κ1) is 29.5. The van der Waals surface area contributed by atoms with Crippen molar-refractivity contribution in [1.82, 2.24) is 5.32 Å². The molecule has 3 aromatic carbocycles. The number of imide groups is 2. The summed E-state index contributed by atoms with van der Waals surface area (Å²) < 4.78 is 50.5. The third-order valence-corrected chi connectivity index (χ3v) is 6.00. The lowest BCUT2D eigenvalue weighted by molar-refractivity contribution is -0.394. The van der Waals surface area contributed by atoms with Crippen LogP contribution in [-0.2, 0) is 15.8 Å². The average molecular weight is 607 g/mol. The Kier molecular flexibility index (Phi) is 7.84. The van der Waals surface area contributed by atoms with Crippen LogP contribution in [0.5, 0.6) is 17.2 Å². The maximum Gasteiger partial charge on any atom is 0.416 e. The smallest absolute Gasteiger partial charge is 0.416 e. The zero-order valence-corrected chi connectivity index (χ0v) is 21.6. The van der Waals surface area contributed by atoms with Crippen LogP contribution in [0.25, 0.3) is 6.08 Å². The molecule has 0 radical (unpaired) electrons. The van der Waals surface area contributed by atoms with Gasteiger partial charge >= 0.3 is 17.9 Å². The Hall–Kier alpha value is -5.51. The van der Waals surface area contributed by atoms with Gasteiger partial charge in [-0.2, -0.15) is 13.2 Å². The van der Waals surface area contributed by atoms with Crippen LogP contribution >= 0.6 is 11.6 Å². The number of benzene rings is 3. The lowest BCUT2D eigenvalue weighted by Crippen LogP contribution is -2.54. The van der Waals surface area contributed by atoms with Gasteiger partial charge in [0.1, 0.15) is 5.57 Å². The van der Waals surface area contributed by atoms with Crippen molar-refractivity contribution in [3.05, 3.63) is 96.5 Å². The fourth-order valence-corrected chi connectivity index (χ4v) is 3.93. The molecule has 0 unspecified atom stereocenters. The van der Waals surface area contributed by atoms with E-state index < -0.39 is 62.1 Å². The lowest BCUT2D eigenvalue weighted by Gasteiger charge is -2.27. The zero-order valence-electron chi connectivity index (χ0n) is 20.8. The Labute approximate surface area is 237 Å². The molecule has 3 aromatic rings. The highest BCUT2D eigenvalue weighted by molar-refractivity contribution is 6.42. The summed E-state index contributed by atoms with van der Waals surface area (Å²) >= 11 is 5.98. The highest BCUT2D eigenvalue weighted by atomic mass is 35.5. The van der Waals surface area contributed by atoms with Crippen LogP contribution in [0, 0.1) is 20.2 Å². The number of hydrogen-bond acceptors (Lipinski definition) is 9. The number of ether oxygens (including phenoxy) is 2. The molecular weight excluding hydrogens is 593 g/mol. The molecule has 1 heterocycles. The molecule has 216 valence electrons. The van der Waals surface area contributed by atoms with Crippen LogP contribution in [-0.4, -0.2) is 34.8 Å². The van der Waals surface area contributed by atoms with E-state index in [0.29, 0.717) is 18.2 Å². The molecule has 0 aromatic heterocycles. The number of carbonyl (C=O) groups excluding carboxylic acids is 3. The number of nitrogens with zero attached hydrogens (tertiary/aromatic N) is 3. The summed E-state index contributed by atoms with van der Waals surface area (Å²) in [5, 5.41) is 23.9. The number of nitro groups is 2. The molecule has 42 heavy (non-hydrogen) atoms. The van der Waals surface area contributed by atoms with Gasteiger partial charge in [-0.1, -0.05) is 17.7 Å². The fourth-order valence-electron chi connectivity index (χ4n) is 3.73. The van der Waals surface area contributed by atoms with E-state index >= 15 is 0 Å². The summed E-state index contributed by atoms with van der Waals surface area (Å²) in [7, 11) is 1.21. The summed E-state index contributed by atoms with van der Waals surface area (Å²) in [4.78, 5) is 59.1. The van der Waals surface area contributed by atoms with Crippen molar-refractivity contribution in [2.24, 2.45) is 0 Å². The number of alkyl halides is 3. The number of nitrogens with one attached hydrogen (secondary N) is 1. The van der Waals surface area contributed by atoms with Crippen molar-refractivity contribution in [1.29, 1.82) is 0 Å². The number of non-ortho nitro benzene ring substituents is 1. The Morgan fingerprint density at radius 2 is 1.62 bits per heavy atom. The lowest BCUT2D eigenvalue weighted by atomic mass is 10.1. The van der Waals surface area contributed by atoms with E-state index in [1.165, 1.54) is 25.3 Å². The van der Waals surface area contributed by atoms with E-state index in [2.05, 4.69) is 0 Å². The number of halogens is 4. The van der Waals surface area contributed by atoms with Gasteiger partial charge in [0.25, 0.3) is 17.5 Å². The number of carbonyl (C=O) groups is 3. The van der Waals surface area contributed by atoms with Crippen LogP contribution in [0.3, 0.4) is 0 Å². The Balaban J connectivity index is 1.70. The van der Waals surface area contributed by atoms with Gasteiger partial charge in [0.05, 0.1) is 39.3 Å². The topological polar surface area (TPSA) is 171 Å². The largest absolute Gasteiger partial charge is 0.493 e. The van der Waals surface area contributed by atoms with Crippen LogP contribution < -0.4 is 19.7 Å². The van der Waals surface area contributed by atoms with Crippen LogP contribution in [0.15, 0.2) is 60.2 Å². The summed E-state index contributed by atoms with van der Waals surface area (Å²) in [6, 6.07) is 7.16. The zero-order chi connectivity index (χ0) is 30.9. The molecule has 1 fully saturated rings. The number of barbiturate groups is 1. The summed E-state index contributed by atoms with van der Waals surface area (Å²) in [6.45, 7) is 0. The van der Waals surface area contributed by atoms with Gasteiger partial charge in [-0.25, -0.2) is 9.69 Å². The third kappa shape index (κ3) is 5.83. The molecular formula is C25H14ClF3N4O9. The molecule has 0 bridgehead atoms. The molecule has 4 rings (SSSR count). The van der Waals surface area contributed by atoms with Gasteiger partial charge in [-0.05, 0) is 48.0 Å². The normalized spacial score (nSPS) is 14.5. The van der Waals surface area contributed by atoms with Crippen molar-refractivity contribution < 1.29 is 46.9 Å². The molecule has 1 N–H and O–H groups in total. The molecule has 13 nitrogen and oxygen atoms in total. The summed E-state index contributed by atoms with van der Waals surface area (Å²) in [6.07, 6.45) is -3.81. The number of amides is 4. The van der Waals surface area contributed by atoms with Crippen molar-refractivity contribution >= 4 is 52.6 Å². The number of nitro benzene ring substituents is 2. The van der Waals surface area contributed by atoms with E-state index in [-0.39, 0.29) is 32.7 Å². The molecule has 1 aliphatic rings. The number of rotatable bonds is 7. The second-order valence-electron chi connectivity index (χ2n) is 8.30. The molecule has 0 saturated carbocycles. The Bertz CT molecular complexity index is 1710. The second kappa shape index (κ2) is 11.2. The minimum atomic E-state index is -4.82. The SMILES string of the molecule is COc1cc(/C=C2\C(=O)NC(=O)N(c3cc(C(F)(F)F)ccc3Cl)C2=O)ccc1Oc1ccc([N+](=O)[O-])cc1[N+](=O)[O-]. The Morgan fingerprint density at radius 1 is 0.929 bits per heavy atom. The predicted octanol–water partition coefficient (Wildman–Crippen LogP) is 5.64. The number of hydrogen-bond donors (Lipinski definition) is 1. The third-order valence-electron chi connectivity index (χ3n) is 5.68.